The van der Waals surface area contributed by atoms with Gasteiger partial charge in [0, 0.05) is 4.47 Å². The Bertz CT molecular complexity index is 533. The highest BCUT2D eigenvalue weighted by molar-refractivity contribution is 14.1. The molecule has 2 rings (SSSR count). The van der Waals surface area contributed by atoms with Crippen LogP contribution in [0.2, 0.25) is 0 Å². The molecule has 3 nitrogen and oxygen atoms in total. The summed E-state index contributed by atoms with van der Waals surface area (Å²) in [4.78, 5) is 0. The van der Waals surface area contributed by atoms with Crippen LogP contribution < -0.4 is 5.73 Å². The summed E-state index contributed by atoms with van der Waals surface area (Å²) in [5.41, 5.74) is 8.23. The van der Waals surface area contributed by atoms with Crippen molar-refractivity contribution < 1.29 is 0 Å². The summed E-state index contributed by atoms with van der Waals surface area (Å²) >= 11 is 5.66. The molecular weight excluding hydrogens is 393 g/mol. The van der Waals surface area contributed by atoms with Crippen molar-refractivity contribution in [2.45, 2.75) is 19.9 Å². The van der Waals surface area contributed by atoms with Crippen LogP contribution in [0.1, 0.15) is 24.2 Å². The van der Waals surface area contributed by atoms with Crippen LogP contribution in [-0.2, 0) is 0 Å². The molecule has 0 saturated carbocycles. The Morgan fingerprint density at radius 2 is 1.94 bits per heavy atom. The van der Waals surface area contributed by atoms with Gasteiger partial charge in [-0.15, -0.1) is 0 Å². The van der Waals surface area contributed by atoms with Crippen molar-refractivity contribution in [3.8, 4) is 0 Å². The van der Waals surface area contributed by atoms with E-state index in [2.05, 4.69) is 62.7 Å². The molecule has 0 fully saturated rings. The van der Waals surface area contributed by atoms with Gasteiger partial charge in [-0.25, -0.2) is 4.68 Å². The number of hydrogen-bond acceptors (Lipinski definition) is 2. The fourth-order valence-electron chi connectivity index (χ4n) is 1.72. The SMILES string of the molecule is Cc1nn(C(C)c2ccc(Br)cc2)c(N)c1I. The molecule has 2 N–H and O–H groups in total. The lowest BCUT2D eigenvalue weighted by Crippen LogP contribution is -2.11. The van der Waals surface area contributed by atoms with E-state index in [9.17, 15) is 0 Å². The monoisotopic (exact) mass is 405 g/mol. The average molecular weight is 406 g/mol. The predicted octanol–water partition coefficient (Wildman–Crippen LogP) is 3.75. The van der Waals surface area contributed by atoms with E-state index < -0.39 is 0 Å². The third kappa shape index (κ3) is 2.49. The van der Waals surface area contributed by atoms with Crippen molar-refractivity contribution in [3.05, 3.63) is 43.6 Å². The van der Waals surface area contributed by atoms with Crippen LogP contribution in [-0.4, -0.2) is 9.78 Å². The third-order valence-electron chi connectivity index (χ3n) is 2.77. The number of hydrogen-bond donors (Lipinski definition) is 1. The fraction of sp³-hybridized carbons (Fsp3) is 0.250. The molecule has 0 aliphatic heterocycles. The molecule has 17 heavy (non-hydrogen) atoms. The quantitative estimate of drug-likeness (QED) is 0.773. The number of aromatic nitrogens is 2. The second-order valence-electron chi connectivity index (χ2n) is 3.96. The van der Waals surface area contributed by atoms with E-state index in [0.717, 1.165) is 19.6 Å². The molecule has 0 aliphatic rings. The summed E-state index contributed by atoms with van der Waals surface area (Å²) < 4.78 is 3.99. The summed E-state index contributed by atoms with van der Waals surface area (Å²) in [5.74, 6) is 0.735. The lowest BCUT2D eigenvalue weighted by molar-refractivity contribution is 0.569. The minimum Gasteiger partial charge on any atom is -0.383 e. The number of nitrogen functional groups attached to an aromatic ring is 1. The number of anilines is 1. The molecule has 0 aliphatic carbocycles. The van der Waals surface area contributed by atoms with Crippen LogP contribution in [0.15, 0.2) is 28.7 Å². The Morgan fingerprint density at radius 3 is 2.41 bits per heavy atom. The zero-order chi connectivity index (χ0) is 12.6. The predicted molar refractivity (Wildman–Crippen MR) is 82.0 cm³/mol. The highest BCUT2D eigenvalue weighted by Crippen LogP contribution is 2.26. The van der Waals surface area contributed by atoms with Gasteiger partial charge in [0.1, 0.15) is 5.82 Å². The van der Waals surface area contributed by atoms with Crippen LogP contribution in [0.4, 0.5) is 5.82 Å². The van der Waals surface area contributed by atoms with Crippen molar-refractivity contribution in [3.63, 3.8) is 0 Å². The summed E-state index contributed by atoms with van der Waals surface area (Å²) in [6.07, 6.45) is 0. The molecular formula is C12H13BrIN3. The second kappa shape index (κ2) is 4.97. The molecule has 90 valence electrons. The lowest BCUT2D eigenvalue weighted by atomic mass is 10.1. The fourth-order valence-corrected chi connectivity index (χ4v) is 2.34. The van der Waals surface area contributed by atoms with Gasteiger partial charge in [0.2, 0.25) is 0 Å². The summed E-state index contributed by atoms with van der Waals surface area (Å²) in [5, 5.41) is 4.48. The Hall–Kier alpha value is -0.560. The second-order valence-corrected chi connectivity index (χ2v) is 5.95. The maximum Gasteiger partial charge on any atom is 0.136 e. The maximum absolute atomic E-state index is 6.06. The van der Waals surface area contributed by atoms with Gasteiger partial charge in [0.15, 0.2) is 0 Å². The first-order valence-corrected chi connectivity index (χ1v) is 7.13. The minimum atomic E-state index is 0.144. The first kappa shape index (κ1) is 12.9. The number of halogens is 2. The largest absolute Gasteiger partial charge is 0.383 e. The molecule has 1 heterocycles. The Balaban J connectivity index is 2.40. The minimum absolute atomic E-state index is 0.144. The molecule has 1 unspecified atom stereocenters. The Labute approximate surface area is 123 Å². The molecule has 0 bridgehead atoms. The topological polar surface area (TPSA) is 43.8 Å². The molecule has 1 aromatic heterocycles. The first-order valence-electron chi connectivity index (χ1n) is 5.26. The van der Waals surface area contributed by atoms with Crippen molar-refractivity contribution in [2.24, 2.45) is 0 Å². The number of nitrogens with two attached hydrogens (primary N) is 1. The van der Waals surface area contributed by atoms with E-state index in [1.165, 1.54) is 5.56 Å². The van der Waals surface area contributed by atoms with Crippen LogP contribution in [0.3, 0.4) is 0 Å². The molecule has 0 amide bonds. The van der Waals surface area contributed by atoms with Crippen LogP contribution in [0.25, 0.3) is 0 Å². The van der Waals surface area contributed by atoms with E-state index in [1.807, 2.05) is 23.7 Å². The van der Waals surface area contributed by atoms with Gasteiger partial charge < -0.3 is 5.73 Å². The Kier molecular flexibility index (Phi) is 3.77. The van der Waals surface area contributed by atoms with E-state index in [-0.39, 0.29) is 6.04 Å². The summed E-state index contributed by atoms with van der Waals surface area (Å²) in [7, 11) is 0. The maximum atomic E-state index is 6.06. The number of rotatable bonds is 2. The standard InChI is InChI=1S/C12H13BrIN3/c1-7-11(14)12(15)17(16-7)8(2)9-3-5-10(13)6-4-9/h3-6,8H,15H2,1-2H3. The molecule has 0 spiro atoms. The third-order valence-corrected chi connectivity index (χ3v) is 4.63. The van der Waals surface area contributed by atoms with Gasteiger partial charge in [-0.05, 0) is 54.1 Å². The van der Waals surface area contributed by atoms with Gasteiger partial charge in [0.05, 0.1) is 15.3 Å². The normalized spacial score (nSPS) is 12.7. The zero-order valence-corrected chi connectivity index (χ0v) is 13.4. The van der Waals surface area contributed by atoms with Crippen molar-refractivity contribution in [1.29, 1.82) is 0 Å². The van der Waals surface area contributed by atoms with E-state index >= 15 is 0 Å². The van der Waals surface area contributed by atoms with Crippen molar-refractivity contribution in [2.75, 3.05) is 5.73 Å². The highest BCUT2D eigenvalue weighted by Gasteiger charge is 2.15. The molecule has 0 radical (unpaired) electrons. The van der Waals surface area contributed by atoms with E-state index in [1.54, 1.807) is 0 Å². The van der Waals surface area contributed by atoms with Crippen LogP contribution in [0, 0.1) is 10.5 Å². The number of nitrogens with zero attached hydrogens (tertiary/aromatic N) is 2. The van der Waals surface area contributed by atoms with Crippen LogP contribution in [0.5, 0.6) is 0 Å². The molecule has 5 heteroatoms. The van der Waals surface area contributed by atoms with Crippen LogP contribution >= 0.6 is 38.5 Å². The Morgan fingerprint density at radius 1 is 1.35 bits per heavy atom. The zero-order valence-electron chi connectivity index (χ0n) is 9.61. The molecule has 0 saturated heterocycles. The molecule has 1 atom stereocenters. The van der Waals surface area contributed by atoms with E-state index in [0.29, 0.717) is 0 Å². The van der Waals surface area contributed by atoms with Gasteiger partial charge >= 0.3 is 0 Å². The summed E-state index contributed by atoms with van der Waals surface area (Å²) in [6.45, 7) is 4.07. The van der Waals surface area contributed by atoms with Gasteiger partial charge in [-0.3, -0.25) is 0 Å². The number of aryl methyl sites for hydroxylation is 1. The lowest BCUT2D eigenvalue weighted by Gasteiger charge is -2.14. The average Bonchev–Trinajstić information content (AvgIpc) is 2.57. The van der Waals surface area contributed by atoms with Gasteiger partial charge in [0.25, 0.3) is 0 Å². The van der Waals surface area contributed by atoms with E-state index in [4.69, 9.17) is 5.73 Å². The molecule has 2 aromatic rings. The summed E-state index contributed by atoms with van der Waals surface area (Å²) in [6, 6.07) is 8.37. The van der Waals surface area contributed by atoms with Crippen molar-refractivity contribution in [1.82, 2.24) is 9.78 Å². The first-order chi connectivity index (χ1) is 8.00. The number of benzene rings is 1. The molecule has 1 aromatic carbocycles. The van der Waals surface area contributed by atoms with Gasteiger partial charge in [-0.1, -0.05) is 28.1 Å². The van der Waals surface area contributed by atoms with Gasteiger partial charge in [-0.2, -0.15) is 5.10 Å². The highest BCUT2D eigenvalue weighted by atomic mass is 127. The smallest absolute Gasteiger partial charge is 0.136 e. The van der Waals surface area contributed by atoms with Crippen molar-refractivity contribution >= 4 is 44.3 Å².